The highest BCUT2D eigenvalue weighted by molar-refractivity contribution is 8.00. The molecule has 0 heterocycles. The molecule has 0 amide bonds. The normalized spacial score (nSPS) is 50.1. The van der Waals surface area contributed by atoms with Crippen LogP contribution in [-0.4, -0.2) is 57.3 Å². The van der Waals surface area contributed by atoms with Gasteiger partial charge >= 0.3 is 5.97 Å². The predicted octanol–water partition coefficient (Wildman–Crippen LogP) is 3.87. The number of aliphatic hydroxyl groups excluding tert-OH is 2. The molecule has 4 aliphatic carbocycles. The molecule has 7 heteroatoms. The maximum atomic E-state index is 13.5. The minimum atomic E-state index is -0.663. The third-order valence-electron chi connectivity index (χ3n) is 10.8. The van der Waals surface area contributed by atoms with E-state index in [4.69, 9.17) is 10.5 Å². The summed E-state index contributed by atoms with van der Waals surface area (Å²) >= 11 is 1.45. The standard InChI is InChI=1S/C28H45NO5S/c1-6-26(4)14-22(34-23(32)15-35-21-8-7-18(29)13-20(21)31)27(5)16(2)9-11-28(17(3)25(26)33)12-10-19(30)24(27)28/h6,16-18,20-22,24-25,31,33H,1,7-15,29H2,2-5H3/t16-,17+,18-,20-,21?,22-,24+,25+,26-,27+,28+/m1/s1. The molecule has 0 aromatic carbocycles. The van der Waals surface area contributed by atoms with Gasteiger partial charge in [0.25, 0.3) is 0 Å². The molecule has 0 aromatic rings. The van der Waals surface area contributed by atoms with Gasteiger partial charge in [-0.15, -0.1) is 18.3 Å². The lowest BCUT2D eigenvalue weighted by molar-refractivity contribution is -0.205. The van der Waals surface area contributed by atoms with Crippen molar-refractivity contribution in [3.05, 3.63) is 12.7 Å². The molecular weight excluding hydrogens is 462 g/mol. The molecule has 0 spiro atoms. The number of carbonyl (C=O) groups excluding carboxylic acids is 2. The van der Waals surface area contributed by atoms with Crippen molar-refractivity contribution in [2.45, 2.75) is 109 Å². The minimum Gasteiger partial charge on any atom is -0.461 e. The Morgan fingerprint density at radius 2 is 1.94 bits per heavy atom. The molecule has 35 heavy (non-hydrogen) atoms. The van der Waals surface area contributed by atoms with E-state index >= 15 is 0 Å². The van der Waals surface area contributed by atoms with Crippen molar-refractivity contribution in [2.24, 2.45) is 39.7 Å². The van der Waals surface area contributed by atoms with Gasteiger partial charge in [-0.1, -0.05) is 33.8 Å². The summed E-state index contributed by atoms with van der Waals surface area (Å²) in [6, 6.07) is 0.0195. The Morgan fingerprint density at radius 1 is 1.23 bits per heavy atom. The molecular formula is C28H45NO5S. The smallest absolute Gasteiger partial charge is 0.316 e. The number of aliphatic hydroxyl groups is 2. The number of hydrogen-bond acceptors (Lipinski definition) is 7. The Labute approximate surface area is 214 Å². The first-order valence-electron chi connectivity index (χ1n) is 13.5. The van der Waals surface area contributed by atoms with Crippen molar-refractivity contribution in [3.63, 3.8) is 0 Å². The third-order valence-corrected chi connectivity index (χ3v) is 12.2. The fourth-order valence-electron chi connectivity index (χ4n) is 8.21. The molecule has 4 saturated carbocycles. The number of rotatable bonds is 5. The van der Waals surface area contributed by atoms with Crippen LogP contribution in [0.5, 0.6) is 0 Å². The Bertz CT molecular complexity index is 851. The highest BCUT2D eigenvalue weighted by atomic mass is 32.2. The third kappa shape index (κ3) is 4.42. The van der Waals surface area contributed by atoms with Crippen LogP contribution in [0.25, 0.3) is 0 Å². The minimum absolute atomic E-state index is 0.0194. The van der Waals surface area contributed by atoms with Gasteiger partial charge in [0.2, 0.25) is 0 Å². The zero-order valence-corrected chi connectivity index (χ0v) is 22.7. The molecule has 6 nitrogen and oxygen atoms in total. The van der Waals surface area contributed by atoms with Gasteiger partial charge in [0.15, 0.2) is 0 Å². The van der Waals surface area contributed by atoms with Crippen LogP contribution in [0.3, 0.4) is 0 Å². The van der Waals surface area contributed by atoms with E-state index in [0.717, 1.165) is 32.1 Å². The van der Waals surface area contributed by atoms with E-state index in [1.165, 1.54) is 11.8 Å². The monoisotopic (exact) mass is 507 g/mol. The lowest BCUT2D eigenvalue weighted by Gasteiger charge is -2.61. The summed E-state index contributed by atoms with van der Waals surface area (Å²) in [6.07, 6.45) is 6.01. The van der Waals surface area contributed by atoms with Crippen molar-refractivity contribution in [1.29, 1.82) is 0 Å². The molecule has 4 rings (SSSR count). The number of thioether (sulfide) groups is 1. The van der Waals surface area contributed by atoms with Gasteiger partial charge < -0.3 is 20.7 Å². The number of esters is 1. The summed E-state index contributed by atoms with van der Waals surface area (Å²) in [6.45, 7) is 12.5. The van der Waals surface area contributed by atoms with Gasteiger partial charge in [-0.25, -0.2) is 0 Å². The SMILES string of the molecule is C=C[C@]1(C)C[C@@H](OC(=O)CSC2CC[C@@H](N)C[C@H]2O)[C@]2(C)[C@H](C)CC[C@]3(CCC(=O)[C@H]32)[C@@H](C)[C@@H]1O. The van der Waals surface area contributed by atoms with E-state index in [2.05, 4.69) is 27.4 Å². The van der Waals surface area contributed by atoms with Crippen LogP contribution in [-0.2, 0) is 14.3 Å². The summed E-state index contributed by atoms with van der Waals surface area (Å²) in [5.74, 6) is 0.0613. The van der Waals surface area contributed by atoms with Crippen LogP contribution in [0.2, 0.25) is 0 Å². The van der Waals surface area contributed by atoms with Crippen molar-refractivity contribution >= 4 is 23.5 Å². The fourth-order valence-corrected chi connectivity index (χ4v) is 9.27. The van der Waals surface area contributed by atoms with Gasteiger partial charge in [-0.2, -0.15) is 0 Å². The number of nitrogens with two attached hydrogens (primary N) is 1. The second kappa shape index (κ2) is 9.77. The number of Topliss-reactive ketones (excluding diaryl/α,β-unsaturated/α-hetero) is 1. The average Bonchev–Trinajstić information content (AvgIpc) is 3.17. The first-order chi connectivity index (χ1) is 16.4. The Morgan fingerprint density at radius 3 is 2.60 bits per heavy atom. The van der Waals surface area contributed by atoms with Crippen LogP contribution in [0.4, 0.5) is 0 Å². The quantitative estimate of drug-likeness (QED) is 0.383. The molecule has 2 bridgehead atoms. The van der Waals surface area contributed by atoms with Gasteiger partial charge in [0, 0.05) is 34.5 Å². The van der Waals surface area contributed by atoms with E-state index in [1.807, 2.05) is 13.0 Å². The van der Waals surface area contributed by atoms with Gasteiger partial charge in [0.1, 0.15) is 11.9 Å². The van der Waals surface area contributed by atoms with E-state index in [1.54, 1.807) is 0 Å². The van der Waals surface area contributed by atoms with Crippen molar-refractivity contribution in [2.75, 3.05) is 5.75 Å². The first kappa shape index (κ1) is 27.2. The Hall–Kier alpha value is -0.890. The molecule has 0 radical (unpaired) electrons. The highest BCUT2D eigenvalue weighted by Gasteiger charge is 2.68. The van der Waals surface area contributed by atoms with Gasteiger partial charge in [-0.3, -0.25) is 9.59 Å². The topological polar surface area (TPSA) is 110 Å². The molecule has 4 aliphatic rings. The number of ketones is 1. The lowest BCUT2D eigenvalue weighted by atomic mass is 9.44. The molecule has 0 aromatic heterocycles. The summed E-state index contributed by atoms with van der Waals surface area (Å²) in [7, 11) is 0. The summed E-state index contributed by atoms with van der Waals surface area (Å²) in [4.78, 5) is 26.7. The van der Waals surface area contributed by atoms with E-state index in [9.17, 15) is 19.8 Å². The van der Waals surface area contributed by atoms with Crippen LogP contribution in [0, 0.1) is 34.0 Å². The molecule has 0 aliphatic heterocycles. The summed E-state index contributed by atoms with van der Waals surface area (Å²) in [5, 5.41) is 22.0. The zero-order chi connectivity index (χ0) is 25.8. The van der Waals surface area contributed by atoms with Gasteiger partial charge in [-0.05, 0) is 62.2 Å². The molecule has 4 fully saturated rings. The largest absolute Gasteiger partial charge is 0.461 e. The summed E-state index contributed by atoms with van der Waals surface area (Å²) in [5.41, 5.74) is 4.57. The van der Waals surface area contributed by atoms with Crippen LogP contribution in [0.15, 0.2) is 12.7 Å². The number of ether oxygens (including phenoxy) is 1. The molecule has 0 saturated heterocycles. The van der Waals surface area contributed by atoms with Crippen LogP contribution in [0.1, 0.15) is 79.1 Å². The van der Waals surface area contributed by atoms with Crippen LogP contribution >= 0.6 is 11.8 Å². The Kier molecular flexibility index (Phi) is 7.58. The van der Waals surface area contributed by atoms with E-state index in [-0.39, 0.29) is 52.0 Å². The van der Waals surface area contributed by atoms with Crippen molar-refractivity contribution in [3.8, 4) is 0 Å². The van der Waals surface area contributed by atoms with Crippen molar-refractivity contribution < 1.29 is 24.5 Å². The highest BCUT2D eigenvalue weighted by Crippen LogP contribution is 2.68. The first-order valence-corrected chi connectivity index (χ1v) is 14.5. The van der Waals surface area contributed by atoms with Crippen molar-refractivity contribution in [1.82, 2.24) is 0 Å². The zero-order valence-electron chi connectivity index (χ0n) is 21.9. The number of carbonyl (C=O) groups is 2. The molecule has 1 unspecified atom stereocenters. The van der Waals surface area contributed by atoms with Gasteiger partial charge in [0.05, 0.1) is 18.0 Å². The van der Waals surface area contributed by atoms with E-state index < -0.39 is 29.1 Å². The van der Waals surface area contributed by atoms with Crippen LogP contribution < -0.4 is 5.73 Å². The Balaban J connectivity index is 1.62. The second-order valence-electron chi connectivity index (χ2n) is 12.6. The maximum Gasteiger partial charge on any atom is 0.316 e. The number of hydrogen-bond donors (Lipinski definition) is 3. The average molecular weight is 508 g/mol. The molecule has 11 atom stereocenters. The molecule has 198 valence electrons. The predicted molar refractivity (Wildman–Crippen MR) is 139 cm³/mol. The fraction of sp³-hybridized carbons (Fsp3) is 0.857. The van der Waals surface area contributed by atoms with E-state index in [0.29, 0.717) is 19.3 Å². The second-order valence-corrected chi connectivity index (χ2v) is 13.8. The molecule has 4 N–H and O–H groups in total. The maximum absolute atomic E-state index is 13.5. The summed E-state index contributed by atoms with van der Waals surface area (Å²) < 4.78 is 6.29. The lowest BCUT2D eigenvalue weighted by Crippen LogP contribution is -2.63.